The molecule has 0 aliphatic carbocycles. The topological polar surface area (TPSA) is 78.0 Å². The van der Waals surface area contributed by atoms with Crippen LogP contribution in [0.1, 0.15) is 15.9 Å². The molecule has 0 radical (unpaired) electrons. The summed E-state index contributed by atoms with van der Waals surface area (Å²) in [4.78, 5) is 26.9. The van der Waals surface area contributed by atoms with Crippen molar-refractivity contribution in [3.63, 3.8) is 0 Å². The fourth-order valence-electron chi connectivity index (χ4n) is 2.22. The average Bonchev–Trinajstić information content (AvgIpc) is 2.90. The van der Waals surface area contributed by atoms with Crippen LogP contribution >= 0.6 is 0 Å². The van der Waals surface area contributed by atoms with E-state index >= 15 is 0 Å². The van der Waals surface area contributed by atoms with E-state index in [1.807, 2.05) is 19.1 Å². The first-order valence-corrected chi connectivity index (χ1v) is 6.30. The monoisotopic (exact) mass is 281 g/mol. The fraction of sp³-hybridized carbons (Fsp3) is 0.0667. The van der Waals surface area contributed by atoms with Crippen LogP contribution in [0.5, 0.6) is 0 Å². The molecule has 0 unspecified atom stereocenters. The highest BCUT2D eigenvalue weighted by Crippen LogP contribution is 2.21. The number of carbonyl (C=O) groups is 1. The molecular formula is C15H11N3O3. The van der Waals surface area contributed by atoms with Gasteiger partial charge in [0, 0.05) is 17.7 Å². The van der Waals surface area contributed by atoms with Crippen LogP contribution in [-0.2, 0) is 0 Å². The fourth-order valence-corrected chi connectivity index (χ4v) is 2.22. The molecule has 0 N–H and O–H groups in total. The summed E-state index contributed by atoms with van der Waals surface area (Å²) in [6, 6.07) is 11.5. The smallest absolute Gasteiger partial charge is 0.268 e. The second-order valence-electron chi connectivity index (χ2n) is 4.66. The molecule has 104 valence electrons. The molecule has 0 spiro atoms. The molecule has 1 aromatic heterocycles. The largest absolute Gasteiger partial charge is 0.271 e. The van der Waals surface area contributed by atoms with Crippen LogP contribution in [0.3, 0.4) is 0 Å². The number of nitro benzene ring substituents is 1. The van der Waals surface area contributed by atoms with Gasteiger partial charge in [-0.2, -0.15) is 0 Å². The zero-order valence-electron chi connectivity index (χ0n) is 11.2. The van der Waals surface area contributed by atoms with Crippen LogP contribution in [0.25, 0.3) is 11.0 Å². The van der Waals surface area contributed by atoms with Crippen molar-refractivity contribution in [2.24, 2.45) is 0 Å². The highest BCUT2D eigenvalue weighted by Gasteiger charge is 2.16. The third-order valence-corrected chi connectivity index (χ3v) is 3.34. The lowest BCUT2D eigenvalue weighted by Gasteiger charge is -2.05. The lowest BCUT2D eigenvalue weighted by Crippen LogP contribution is -2.12. The number of imidazole rings is 1. The molecule has 21 heavy (non-hydrogen) atoms. The Kier molecular flexibility index (Phi) is 2.98. The van der Waals surface area contributed by atoms with Gasteiger partial charge in [-0.15, -0.1) is 0 Å². The van der Waals surface area contributed by atoms with Gasteiger partial charge in [0.15, 0.2) is 0 Å². The highest BCUT2D eigenvalue weighted by atomic mass is 16.6. The molecule has 3 aromatic rings. The molecular weight excluding hydrogens is 270 g/mol. The van der Waals surface area contributed by atoms with E-state index in [2.05, 4.69) is 4.98 Å². The molecule has 6 heteroatoms. The standard InChI is InChI=1S/C15H11N3O3/c1-10-4-2-3-5-12(10)15(19)17-9-16-13-8-11(18(20)21)6-7-14(13)17/h2-9H,1H3. The number of benzene rings is 2. The Morgan fingerprint density at radius 2 is 2.00 bits per heavy atom. The molecule has 0 amide bonds. The van der Waals surface area contributed by atoms with E-state index in [0.29, 0.717) is 16.6 Å². The maximum atomic E-state index is 12.6. The van der Waals surface area contributed by atoms with Crippen molar-refractivity contribution in [2.75, 3.05) is 0 Å². The van der Waals surface area contributed by atoms with E-state index in [-0.39, 0.29) is 11.6 Å². The lowest BCUT2D eigenvalue weighted by atomic mass is 10.1. The molecule has 0 saturated carbocycles. The molecule has 0 aliphatic rings. The number of nitro groups is 1. The van der Waals surface area contributed by atoms with Crippen molar-refractivity contribution in [3.8, 4) is 0 Å². The third-order valence-electron chi connectivity index (χ3n) is 3.34. The Labute approximate surface area is 119 Å². The third kappa shape index (κ3) is 2.16. The molecule has 1 heterocycles. The molecule has 0 fully saturated rings. The van der Waals surface area contributed by atoms with Crippen LogP contribution in [0.2, 0.25) is 0 Å². The zero-order chi connectivity index (χ0) is 15.0. The summed E-state index contributed by atoms with van der Waals surface area (Å²) in [6.07, 6.45) is 1.39. The first-order chi connectivity index (χ1) is 10.1. The first kappa shape index (κ1) is 13.0. The predicted molar refractivity (Wildman–Crippen MR) is 77.3 cm³/mol. The van der Waals surface area contributed by atoms with Gasteiger partial charge in [0.1, 0.15) is 6.33 Å². The van der Waals surface area contributed by atoms with Gasteiger partial charge in [0.2, 0.25) is 0 Å². The normalized spacial score (nSPS) is 10.7. The molecule has 6 nitrogen and oxygen atoms in total. The molecule has 0 atom stereocenters. The van der Waals surface area contributed by atoms with Gasteiger partial charge >= 0.3 is 0 Å². The van der Waals surface area contributed by atoms with Crippen molar-refractivity contribution in [3.05, 3.63) is 70.0 Å². The number of nitrogens with zero attached hydrogens (tertiary/aromatic N) is 3. The number of fused-ring (bicyclic) bond motifs is 1. The zero-order valence-corrected chi connectivity index (χ0v) is 11.2. The van der Waals surface area contributed by atoms with Gasteiger partial charge in [0.25, 0.3) is 11.6 Å². The summed E-state index contributed by atoms with van der Waals surface area (Å²) in [7, 11) is 0. The Hall–Kier alpha value is -3.02. The molecule has 0 aliphatic heterocycles. The van der Waals surface area contributed by atoms with Gasteiger partial charge < -0.3 is 0 Å². The maximum Gasteiger partial charge on any atom is 0.271 e. The van der Waals surface area contributed by atoms with E-state index in [1.54, 1.807) is 12.1 Å². The SMILES string of the molecule is Cc1ccccc1C(=O)n1cnc2cc([N+](=O)[O-])ccc21. The number of aryl methyl sites for hydroxylation is 1. The number of non-ortho nitro benzene ring substituents is 1. The Morgan fingerprint density at radius 1 is 1.24 bits per heavy atom. The minimum atomic E-state index is -0.484. The number of aromatic nitrogens is 2. The summed E-state index contributed by atoms with van der Waals surface area (Å²) in [6.45, 7) is 1.86. The van der Waals surface area contributed by atoms with Crippen molar-refractivity contribution in [1.29, 1.82) is 0 Å². The van der Waals surface area contributed by atoms with E-state index < -0.39 is 4.92 Å². The van der Waals surface area contributed by atoms with Crippen molar-refractivity contribution < 1.29 is 9.72 Å². The number of carbonyl (C=O) groups excluding carboxylic acids is 1. The van der Waals surface area contributed by atoms with E-state index in [1.165, 1.54) is 29.1 Å². The average molecular weight is 281 g/mol. The molecule has 2 aromatic carbocycles. The molecule has 3 rings (SSSR count). The van der Waals surface area contributed by atoms with Crippen LogP contribution in [0.4, 0.5) is 5.69 Å². The highest BCUT2D eigenvalue weighted by molar-refractivity contribution is 6.02. The number of hydrogen-bond acceptors (Lipinski definition) is 4. The van der Waals surface area contributed by atoms with Gasteiger partial charge in [-0.1, -0.05) is 18.2 Å². The Morgan fingerprint density at radius 3 is 2.71 bits per heavy atom. The lowest BCUT2D eigenvalue weighted by molar-refractivity contribution is -0.384. The van der Waals surface area contributed by atoms with Crippen LogP contribution in [0.15, 0.2) is 48.8 Å². The quantitative estimate of drug-likeness (QED) is 0.534. The van der Waals surface area contributed by atoms with Crippen molar-refractivity contribution in [2.45, 2.75) is 6.92 Å². The summed E-state index contributed by atoms with van der Waals surface area (Å²) in [5.74, 6) is -0.204. The maximum absolute atomic E-state index is 12.6. The van der Waals surface area contributed by atoms with Gasteiger partial charge in [-0.05, 0) is 24.6 Å². The first-order valence-electron chi connectivity index (χ1n) is 6.30. The molecule has 0 saturated heterocycles. The minimum Gasteiger partial charge on any atom is -0.268 e. The van der Waals surface area contributed by atoms with Gasteiger partial charge in [0.05, 0.1) is 16.0 Å². The van der Waals surface area contributed by atoms with Crippen LogP contribution < -0.4 is 0 Å². The summed E-state index contributed by atoms with van der Waals surface area (Å²) < 4.78 is 1.40. The van der Waals surface area contributed by atoms with Crippen molar-refractivity contribution >= 4 is 22.6 Å². The Bertz CT molecular complexity index is 867. The van der Waals surface area contributed by atoms with Gasteiger partial charge in [-0.25, -0.2) is 4.98 Å². The minimum absolute atomic E-state index is 0.0453. The summed E-state index contributed by atoms with van der Waals surface area (Å²) >= 11 is 0. The second-order valence-corrected chi connectivity index (χ2v) is 4.66. The van der Waals surface area contributed by atoms with E-state index in [4.69, 9.17) is 0 Å². The Balaban J connectivity index is 2.11. The van der Waals surface area contributed by atoms with Crippen molar-refractivity contribution in [1.82, 2.24) is 9.55 Å². The van der Waals surface area contributed by atoms with E-state index in [9.17, 15) is 14.9 Å². The molecule has 0 bridgehead atoms. The second kappa shape index (κ2) is 4.82. The summed E-state index contributed by atoms with van der Waals surface area (Å²) in [5, 5.41) is 10.8. The number of rotatable bonds is 2. The summed E-state index contributed by atoms with van der Waals surface area (Å²) in [5.41, 5.74) is 2.37. The predicted octanol–water partition coefficient (Wildman–Crippen LogP) is 2.94. The number of hydrogen-bond donors (Lipinski definition) is 0. The van der Waals surface area contributed by atoms with Crippen LogP contribution in [0, 0.1) is 17.0 Å². The van der Waals surface area contributed by atoms with Crippen LogP contribution in [-0.4, -0.2) is 20.4 Å². The van der Waals surface area contributed by atoms with Gasteiger partial charge in [-0.3, -0.25) is 19.5 Å². The van der Waals surface area contributed by atoms with E-state index in [0.717, 1.165) is 5.56 Å².